The van der Waals surface area contributed by atoms with Crippen molar-refractivity contribution in [2.24, 2.45) is 5.10 Å². The van der Waals surface area contributed by atoms with Gasteiger partial charge in [-0.15, -0.1) is 0 Å². The Morgan fingerprint density at radius 1 is 1.10 bits per heavy atom. The van der Waals surface area contributed by atoms with Crippen LogP contribution in [0.1, 0.15) is 43.1 Å². The van der Waals surface area contributed by atoms with E-state index in [0.717, 1.165) is 59.8 Å². The molecule has 0 radical (unpaired) electrons. The van der Waals surface area contributed by atoms with Crippen LogP contribution in [0.5, 0.6) is 5.75 Å². The molecule has 1 fully saturated rings. The second-order valence-corrected chi connectivity index (χ2v) is 8.21. The Morgan fingerprint density at radius 2 is 1.87 bits per heavy atom. The summed E-state index contributed by atoms with van der Waals surface area (Å²) >= 11 is 0. The minimum absolute atomic E-state index is 0.0240. The van der Waals surface area contributed by atoms with Crippen molar-refractivity contribution in [3.63, 3.8) is 0 Å². The van der Waals surface area contributed by atoms with Crippen LogP contribution in [-0.4, -0.2) is 58.2 Å². The number of rotatable bonds is 5. The first-order valence-electron chi connectivity index (χ1n) is 10.9. The zero-order valence-electron chi connectivity index (χ0n) is 17.8. The lowest BCUT2D eigenvalue weighted by atomic mass is 10.0. The number of aromatic amines is 1. The molecular weight excluding hydrogens is 390 g/mol. The second kappa shape index (κ2) is 8.51. The summed E-state index contributed by atoms with van der Waals surface area (Å²) in [5.41, 5.74) is 3.76. The van der Waals surface area contributed by atoms with Gasteiger partial charge in [-0.1, -0.05) is 18.6 Å². The Kier molecular flexibility index (Phi) is 5.42. The number of likely N-dealkylation sites (tertiary alicyclic amines) is 1. The number of methoxy groups -OCH3 is 1. The summed E-state index contributed by atoms with van der Waals surface area (Å²) < 4.78 is 5.27. The molecular formula is C24H27N5O2. The van der Waals surface area contributed by atoms with Crippen molar-refractivity contribution in [2.75, 3.05) is 26.7 Å². The number of benzene rings is 2. The van der Waals surface area contributed by atoms with Crippen molar-refractivity contribution in [1.82, 2.24) is 19.9 Å². The fourth-order valence-corrected chi connectivity index (χ4v) is 4.42. The van der Waals surface area contributed by atoms with E-state index in [2.05, 4.69) is 9.88 Å². The first-order chi connectivity index (χ1) is 15.2. The van der Waals surface area contributed by atoms with Gasteiger partial charge >= 0.3 is 0 Å². The molecule has 160 valence electrons. The molecule has 1 aromatic heterocycles. The minimum Gasteiger partial charge on any atom is -0.497 e. The maximum atomic E-state index is 13.3. The fraction of sp³-hybridized carbons (Fsp3) is 0.375. The minimum atomic E-state index is -0.234. The molecule has 2 aliphatic rings. The van der Waals surface area contributed by atoms with Crippen molar-refractivity contribution in [2.45, 2.75) is 31.7 Å². The maximum Gasteiger partial charge on any atom is 0.257 e. The molecule has 5 rings (SSSR count). The molecule has 1 amide bonds. The molecule has 3 aromatic rings. The molecule has 2 aliphatic heterocycles. The van der Waals surface area contributed by atoms with Gasteiger partial charge in [0.2, 0.25) is 0 Å². The number of aromatic nitrogens is 2. The summed E-state index contributed by atoms with van der Waals surface area (Å²) in [6, 6.07) is 15.5. The largest absolute Gasteiger partial charge is 0.497 e. The molecule has 1 N–H and O–H groups in total. The smallest absolute Gasteiger partial charge is 0.257 e. The normalized spacial score (nSPS) is 19.6. The molecule has 7 heteroatoms. The van der Waals surface area contributed by atoms with E-state index in [-0.39, 0.29) is 11.9 Å². The van der Waals surface area contributed by atoms with Gasteiger partial charge in [0.15, 0.2) is 0 Å². The molecule has 0 bridgehead atoms. The molecule has 7 nitrogen and oxygen atoms in total. The molecule has 1 atom stereocenters. The zero-order chi connectivity index (χ0) is 21.2. The Bertz CT molecular complexity index is 1070. The molecule has 0 spiro atoms. The van der Waals surface area contributed by atoms with Crippen LogP contribution in [-0.2, 0) is 4.79 Å². The Labute approximate surface area is 181 Å². The zero-order valence-corrected chi connectivity index (χ0v) is 17.8. The van der Waals surface area contributed by atoms with Gasteiger partial charge in [0, 0.05) is 6.42 Å². The summed E-state index contributed by atoms with van der Waals surface area (Å²) in [6.07, 6.45) is 4.18. The van der Waals surface area contributed by atoms with Crippen molar-refractivity contribution in [3.05, 3.63) is 59.9 Å². The maximum absolute atomic E-state index is 13.3. The van der Waals surface area contributed by atoms with E-state index in [4.69, 9.17) is 14.8 Å². The summed E-state index contributed by atoms with van der Waals surface area (Å²) in [6.45, 7) is 2.35. The average Bonchev–Trinajstić information content (AvgIpc) is 3.44. The lowest BCUT2D eigenvalue weighted by Crippen LogP contribution is -2.40. The average molecular weight is 418 g/mol. The molecule has 0 saturated carbocycles. The number of H-pyrrole nitrogens is 1. The van der Waals surface area contributed by atoms with Gasteiger partial charge in [-0.25, -0.2) is 9.99 Å². The molecule has 3 heterocycles. The number of nitrogens with one attached hydrogen (secondary N) is 1. The van der Waals surface area contributed by atoms with Gasteiger partial charge in [-0.2, -0.15) is 5.10 Å². The lowest BCUT2D eigenvalue weighted by Gasteiger charge is -2.28. The lowest BCUT2D eigenvalue weighted by molar-refractivity contribution is -0.134. The molecule has 0 unspecified atom stereocenters. The standard InChI is InChI=1S/C24H27N5O2/c1-31-18-11-9-17(10-12-18)21-15-22(24-25-19-7-3-4-8-20(19)26-24)29(27-21)23(30)16-28-13-5-2-6-14-28/h3-4,7-12,22H,2,5-6,13-16H2,1H3,(H,25,26)/t22-/m0/s1. The highest BCUT2D eigenvalue weighted by Crippen LogP contribution is 2.33. The first-order valence-corrected chi connectivity index (χ1v) is 10.9. The Morgan fingerprint density at radius 3 is 2.61 bits per heavy atom. The quantitative estimate of drug-likeness (QED) is 0.686. The monoisotopic (exact) mass is 417 g/mol. The predicted molar refractivity (Wildman–Crippen MR) is 120 cm³/mol. The Hall–Kier alpha value is -3.19. The number of carbonyl (C=O) groups excluding carboxylic acids is 1. The van der Waals surface area contributed by atoms with Crippen molar-refractivity contribution in [3.8, 4) is 5.75 Å². The van der Waals surface area contributed by atoms with E-state index in [1.807, 2.05) is 48.5 Å². The highest BCUT2D eigenvalue weighted by Gasteiger charge is 2.35. The fourth-order valence-electron chi connectivity index (χ4n) is 4.42. The van der Waals surface area contributed by atoms with Crippen LogP contribution in [0.15, 0.2) is 53.6 Å². The number of hydrazone groups is 1. The van der Waals surface area contributed by atoms with Crippen LogP contribution in [0.25, 0.3) is 11.0 Å². The summed E-state index contributed by atoms with van der Waals surface area (Å²) in [5, 5.41) is 6.42. The highest BCUT2D eigenvalue weighted by atomic mass is 16.5. The number of amides is 1. The van der Waals surface area contributed by atoms with E-state index in [1.54, 1.807) is 12.1 Å². The molecule has 2 aromatic carbocycles. The number of nitrogens with zero attached hydrogens (tertiary/aromatic N) is 4. The van der Waals surface area contributed by atoms with Crippen molar-refractivity contribution < 1.29 is 9.53 Å². The van der Waals surface area contributed by atoms with Gasteiger partial charge in [0.25, 0.3) is 5.91 Å². The number of fused-ring (bicyclic) bond motifs is 1. The van der Waals surface area contributed by atoms with E-state index in [0.29, 0.717) is 13.0 Å². The van der Waals surface area contributed by atoms with Crippen molar-refractivity contribution in [1.29, 1.82) is 0 Å². The summed E-state index contributed by atoms with van der Waals surface area (Å²) in [5.74, 6) is 1.60. The van der Waals surface area contributed by atoms with Gasteiger partial charge in [0.1, 0.15) is 17.6 Å². The van der Waals surface area contributed by atoms with Crippen LogP contribution in [0.4, 0.5) is 0 Å². The summed E-state index contributed by atoms with van der Waals surface area (Å²) in [7, 11) is 1.65. The Balaban J connectivity index is 1.45. The van der Waals surface area contributed by atoms with Gasteiger partial charge in [0.05, 0.1) is 30.4 Å². The summed E-state index contributed by atoms with van der Waals surface area (Å²) in [4.78, 5) is 23.7. The molecule has 31 heavy (non-hydrogen) atoms. The van der Waals surface area contributed by atoms with Crippen LogP contribution in [0, 0.1) is 0 Å². The molecule has 0 aliphatic carbocycles. The van der Waals surface area contributed by atoms with E-state index >= 15 is 0 Å². The number of imidazole rings is 1. The van der Waals surface area contributed by atoms with Crippen LogP contribution in [0.2, 0.25) is 0 Å². The number of ether oxygens (including phenoxy) is 1. The van der Waals surface area contributed by atoms with Gasteiger partial charge in [-0.3, -0.25) is 9.69 Å². The predicted octanol–water partition coefficient (Wildman–Crippen LogP) is 3.74. The third kappa shape index (κ3) is 4.05. The first kappa shape index (κ1) is 19.8. The third-order valence-electron chi connectivity index (χ3n) is 6.12. The topological polar surface area (TPSA) is 73.8 Å². The number of hydrogen-bond donors (Lipinski definition) is 1. The highest BCUT2D eigenvalue weighted by molar-refractivity contribution is 6.03. The molecule has 1 saturated heterocycles. The number of para-hydroxylation sites is 2. The second-order valence-electron chi connectivity index (χ2n) is 8.21. The number of carbonyl (C=O) groups is 1. The van der Waals surface area contributed by atoms with Gasteiger partial charge in [-0.05, 0) is 67.9 Å². The third-order valence-corrected chi connectivity index (χ3v) is 6.12. The van der Waals surface area contributed by atoms with Crippen LogP contribution >= 0.6 is 0 Å². The van der Waals surface area contributed by atoms with E-state index in [1.165, 1.54) is 6.42 Å². The van der Waals surface area contributed by atoms with Gasteiger partial charge < -0.3 is 9.72 Å². The van der Waals surface area contributed by atoms with E-state index < -0.39 is 0 Å². The van der Waals surface area contributed by atoms with E-state index in [9.17, 15) is 4.79 Å². The van der Waals surface area contributed by atoms with Crippen LogP contribution in [0.3, 0.4) is 0 Å². The van der Waals surface area contributed by atoms with Crippen LogP contribution < -0.4 is 4.74 Å². The van der Waals surface area contributed by atoms with Crippen molar-refractivity contribution >= 4 is 22.7 Å². The number of piperidine rings is 1. The SMILES string of the molecule is COc1ccc(C2=NN(C(=O)CN3CCCCC3)[C@H](c3nc4ccccc4[nH]3)C2)cc1. The number of hydrogen-bond acceptors (Lipinski definition) is 5.